The lowest BCUT2D eigenvalue weighted by Gasteiger charge is -2.09. The molecule has 2 aromatic rings. The van der Waals surface area contributed by atoms with Gasteiger partial charge in [0.1, 0.15) is 23.7 Å². The molecule has 0 aliphatic carbocycles. The zero-order valence-electron chi connectivity index (χ0n) is 12.5. The van der Waals surface area contributed by atoms with Crippen LogP contribution >= 0.6 is 0 Å². The average Bonchev–Trinajstić information content (AvgIpc) is 2.59. The molecular weight excluding hydrogens is 284 g/mol. The minimum atomic E-state index is -0.247. The number of rotatable bonds is 7. The minimum Gasteiger partial charge on any atom is -0.497 e. The maximum atomic E-state index is 12.0. The summed E-state index contributed by atoms with van der Waals surface area (Å²) in [6, 6.07) is 10.6. The number of ether oxygens (including phenoxy) is 3. The van der Waals surface area contributed by atoms with Gasteiger partial charge >= 0.3 is 0 Å². The van der Waals surface area contributed by atoms with E-state index in [0.29, 0.717) is 30.3 Å². The summed E-state index contributed by atoms with van der Waals surface area (Å²) in [5, 5.41) is 2.76. The molecule has 0 bridgehead atoms. The molecule has 1 aromatic heterocycles. The van der Waals surface area contributed by atoms with Gasteiger partial charge in [0.05, 0.1) is 20.8 Å². The molecule has 1 N–H and O–H groups in total. The molecule has 1 heterocycles. The summed E-state index contributed by atoms with van der Waals surface area (Å²) in [6.45, 7) is 0.740. The van der Waals surface area contributed by atoms with E-state index in [-0.39, 0.29) is 5.91 Å². The molecule has 0 aliphatic heterocycles. The minimum absolute atomic E-state index is 0.247. The molecule has 0 aliphatic rings. The third-order valence-corrected chi connectivity index (χ3v) is 2.92. The molecule has 0 saturated carbocycles. The zero-order valence-corrected chi connectivity index (χ0v) is 12.5. The van der Waals surface area contributed by atoms with E-state index >= 15 is 0 Å². The molecular formula is C16H18N2O4. The van der Waals surface area contributed by atoms with Gasteiger partial charge in [-0.25, -0.2) is 4.98 Å². The molecule has 0 saturated heterocycles. The van der Waals surface area contributed by atoms with E-state index in [0.717, 1.165) is 5.75 Å². The van der Waals surface area contributed by atoms with Gasteiger partial charge in [-0.3, -0.25) is 4.79 Å². The number of nitrogens with zero attached hydrogens (tertiary/aromatic N) is 1. The highest BCUT2D eigenvalue weighted by molar-refractivity contribution is 5.96. The fourth-order valence-corrected chi connectivity index (χ4v) is 1.83. The summed E-state index contributed by atoms with van der Waals surface area (Å²) in [5.74, 6) is 1.54. The second kappa shape index (κ2) is 7.87. The lowest BCUT2D eigenvalue weighted by atomic mass is 10.2. The molecule has 1 amide bonds. The molecule has 0 radical (unpaired) electrons. The number of benzene rings is 1. The summed E-state index contributed by atoms with van der Waals surface area (Å²) in [7, 11) is 3.09. The van der Waals surface area contributed by atoms with E-state index in [4.69, 9.17) is 14.2 Å². The van der Waals surface area contributed by atoms with Crippen LogP contribution in [0.1, 0.15) is 10.4 Å². The molecule has 0 fully saturated rings. The number of hydrogen-bond donors (Lipinski definition) is 1. The Morgan fingerprint density at radius 2 is 1.82 bits per heavy atom. The summed E-state index contributed by atoms with van der Waals surface area (Å²) in [6.07, 6.45) is 1.57. The van der Waals surface area contributed by atoms with Crippen molar-refractivity contribution < 1.29 is 19.0 Å². The molecule has 116 valence electrons. The first-order valence-corrected chi connectivity index (χ1v) is 6.78. The highest BCUT2D eigenvalue weighted by atomic mass is 16.5. The average molecular weight is 302 g/mol. The summed E-state index contributed by atoms with van der Waals surface area (Å²) >= 11 is 0. The SMILES string of the molecule is COc1ccc(OCCNC(=O)c2cccnc2OC)cc1. The fourth-order valence-electron chi connectivity index (χ4n) is 1.83. The molecule has 22 heavy (non-hydrogen) atoms. The Hall–Kier alpha value is -2.76. The van der Waals surface area contributed by atoms with Crippen LogP contribution < -0.4 is 19.5 Å². The first kappa shape index (κ1) is 15.6. The fraction of sp³-hybridized carbons (Fsp3) is 0.250. The third-order valence-electron chi connectivity index (χ3n) is 2.92. The van der Waals surface area contributed by atoms with Gasteiger partial charge in [-0.15, -0.1) is 0 Å². The van der Waals surface area contributed by atoms with Crippen molar-refractivity contribution in [3.05, 3.63) is 48.2 Å². The number of aromatic nitrogens is 1. The van der Waals surface area contributed by atoms with Gasteiger partial charge in [0.25, 0.3) is 5.91 Å². The summed E-state index contributed by atoms with van der Waals surface area (Å²) < 4.78 is 15.6. The maximum Gasteiger partial charge on any atom is 0.256 e. The first-order chi connectivity index (χ1) is 10.7. The summed E-state index contributed by atoms with van der Waals surface area (Å²) in [5.41, 5.74) is 0.398. The molecule has 0 unspecified atom stereocenters. The Bertz CT molecular complexity index is 614. The number of nitrogens with one attached hydrogen (secondary N) is 1. The third kappa shape index (κ3) is 4.12. The Kier molecular flexibility index (Phi) is 5.59. The molecule has 0 atom stereocenters. The second-order valence-electron chi connectivity index (χ2n) is 4.34. The lowest BCUT2D eigenvalue weighted by Crippen LogP contribution is -2.28. The van der Waals surface area contributed by atoms with Crippen molar-refractivity contribution in [2.75, 3.05) is 27.4 Å². The van der Waals surface area contributed by atoms with Crippen molar-refractivity contribution in [1.82, 2.24) is 10.3 Å². The second-order valence-corrected chi connectivity index (χ2v) is 4.34. The van der Waals surface area contributed by atoms with Gasteiger partial charge in [0, 0.05) is 6.20 Å². The van der Waals surface area contributed by atoms with Crippen LogP contribution in [0.2, 0.25) is 0 Å². The van der Waals surface area contributed by atoms with Crippen LogP contribution in [-0.2, 0) is 0 Å². The van der Waals surface area contributed by atoms with E-state index in [1.165, 1.54) is 7.11 Å². The maximum absolute atomic E-state index is 12.0. The van der Waals surface area contributed by atoms with E-state index in [9.17, 15) is 4.79 Å². The Morgan fingerprint density at radius 3 is 2.50 bits per heavy atom. The van der Waals surface area contributed by atoms with Gasteiger partial charge in [0.2, 0.25) is 5.88 Å². The van der Waals surface area contributed by atoms with Crippen molar-refractivity contribution >= 4 is 5.91 Å². The van der Waals surface area contributed by atoms with Gasteiger partial charge < -0.3 is 19.5 Å². The number of amides is 1. The van der Waals surface area contributed by atoms with Crippen LogP contribution in [0, 0.1) is 0 Å². The predicted molar refractivity (Wildman–Crippen MR) is 81.6 cm³/mol. The monoisotopic (exact) mass is 302 g/mol. The Morgan fingerprint density at radius 1 is 1.09 bits per heavy atom. The van der Waals surface area contributed by atoms with Crippen molar-refractivity contribution in [3.63, 3.8) is 0 Å². The normalized spacial score (nSPS) is 9.91. The largest absolute Gasteiger partial charge is 0.497 e. The zero-order chi connectivity index (χ0) is 15.8. The van der Waals surface area contributed by atoms with Crippen molar-refractivity contribution in [2.45, 2.75) is 0 Å². The molecule has 1 aromatic carbocycles. The van der Waals surface area contributed by atoms with Crippen LogP contribution in [0.25, 0.3) is 0 Å². The highest BCUT2D eigenvalue weighted by Crippen LogP contribution is 2.16. The Labute approximate surface area is 129 Å². The van der Waals surface area contributed by atoms with Crippen LogP contribution in [0.3, 0.4) is 0 Å². The number of methoxy groups -OCH3 is 2. The number of carbonyl (C=O) groups excluding carboxylic acids is 1. The van der Waals surface area contributed by atoms with Crippen molar-refractivity contribution in [2.24, 2.45) is 0 Å². The Balaban J connectivity index is 1.79. The highest BCUT2D eigenvalue weighted by Gasteiger charge is 2.11. The van der Waals surface area contributed by atoms with Gasteiger partial charge in [-0.2, -0.15) is 0 Å². The van der Waals surface area contributed by atoms with Crippen molar-refractivity contribution in [3.8, 4) is 17.4 Å². The molecule has 0 spiro atoms. The lowest BCUT2D eigenvalue weighted by molar-refractivity contribution is 0.0943. The van der Waals surface area contributed by atoms with Gasteiger partial charge in [-0.1, -0.05) is 0 Å². The number of pyridine rings is 1. The number of carbonyl (C=O) groups is 1. The predicted octanol–water partition coefficient (Wildman–Crippen LogP) is 1.91. The first-order valence-electron chi connectivity index (χ1n) is 6.78. The van der Waals surface area contributed by atoms with Crippen LogP contribution in [0.4, 0.5) is 0 Å². The quantitative estimate of drug-likeness (QED) is 0.791. The van der Waals surface area contributed by atoms with Gasteiger partial charge in [0.15, 0.2) is 0 Å². The number of hydrogen-bond acceptors (Lipinski definition) is 5. The van der Waals surface area contributed by atoms with Crippen LogP contribution in [-0.4, -0.2) is 38.3 Å². The van der Waals surface area contributed by atoms with E-state index in [1.54, 1.807) is 25.4 Å². The summed E-state index contributed by atoms with van der Waals surface area (Å²) in [4.78, 5) is 16.0. The van der Waals surface area contributed by atoms with Gasteiger partial charge in [-0.05, 0) is 36.4 Å². The molecule has 6 heteroatoms. The topological polar surface area (TPSA) is 69.7 Å². The van der Waals surface area contributed by atoms with Crippen LogP contribution in [0.5, 0.6) is 17.4 Å². The van der Waals surface area contributed by atoms with Crippen LogP contribution in [0.15, 0.2) is 42.6 Å². The molecule has 6 nitrogen and oxygen atoms in total. The smallest absolute Gasteiger partial charge is 0.256 e. The van der Waals surface area contributed by atoms with E-state index < -0.39 is 0 Å². The standard InChI is InChI=1S/C16H18N2O4/c1-20-12-5-7-13(8-6-12)22-11-10-17-15(19)14-4-3-9-18-16(14)21-2/h3-9H,10-11H2,1-2H3,(H,17,19). The van der Waals surface area contributed by atoms with E-state index in [2.05, 4.69) is 10.3 Å². The van der Waals surface area contributed by atoms with E-state index in [1.807, 2.05) is 24.3 Å². The molecule has 2 rings (SSSR count). The van der Waals surface area contributed by atoms with Crippen molar-refractivity contribution in [1.29, 1.82) is 0 Å².